The number of aryl methyl sites for hydroxylation is 2. The van der Waals surface area contributed by atoms with Crippen LogP contribution in [0.3, 0.4) is 0 Å². The number of hydrogen-bond acceptors (Lipinski definition) is 4. The first-order valence-corrected chi connectivity index (χ1v) is 7.25. The van der Waals surface area contributed by atoms with E-state index in [2.05, 4.69) is 23.6 Å². The number of nitrogens with one attached hydrogen (secondary N) is 1. The van der Waals surface area contributed by atoms with Crippen molar-refractivity contribution in [3.63, 3.8) is 0 Å². The van der Waals surface area contributed by atoms with Crippen molar-refractivity contribution in [2.75, 3.05) is 25.7 Å². The summed E-state index contributed by atoms with van der Waals surface area (Å²) in [6, 6.07) is 0. The average Bonchev–Trinajstić information content (AvgIpc) is 2.54. The predicted molar refractivity (Wildman–Crippen MR) is 73.7 cm³/mol. The van der Waals surface area contributed by atoms with Crippen LogP contribution in [-0.2, 0) is 13.6 Å². The highest BCUT2D eigenvalue weighted by Gasteiger charge is 2.13. The van der Waals surface area contributed by atoms with Crippen molar-refractivity contribution in [1.82, 2.24) is 15.1 Å². The molecule has 0 aromatic carbocycles. The Kier molecular flexibility index (Phi) is 5.85. The molecule has 0 aliphatic rings. The van der Waals surface area contributed by atoms with Crippen molar-refractivity contribution in [2.24, 2.45) is 13.0 Å². The van der Waals surface area contributed by atoms with Crippen LogP contribution in [0.4, 0.5) is 0 Å². The Morgan fingerprint density at radius 2 is 2.24 bits per heavy atom. The molecule has 0 spiro atoms. The molecule has 1 rings (SSSR count). The van der Waals surface area contributed by atoms with Crippen LogP contribution in [0.1, 0.15) is 18.2 Å². The number of methoxy groups -OCH3 is 1. The van der Waals surface area contributed by atoms with Gasteiger partial charge in [-0.3, -0.25) is 0 Å². The summed E-state index contributed by atoms with van der Waals surface area (Å²) in [6.07, 6.45) is 2.14. The first kappa shape index (κ1) is 14.4. The van der Waals surface area contributed by atoms with E-state index in [4.69, 9.17) is 4.74 Å². The van der Waals surface area contributed by atoms with Crippen LogP contribution in [0, 0.1) is 12.8 Å². The number of ether oxygens (including phenoxy) is 1. The van der Waals surface area contributed by atoms with Gasteiger partial charge in [0.05, 0.1) is 18.4 Å². The number of aromatic nitrogens is 2. The molecule has 4 nitrogen and oxygen atoms in total. The van der Waals surface area contributed by atoms with Crippen molar-refractivity contribution in [3.8, 4) is 5.88 Å². The van der Waals surface area contributed by atoms with Crippen molar-refractivity contribution in [1.29, 1.82) is 0 Å². The van der Waals surface area contributed by atoms with E-state index < -0.39 is 0 Å². The number of thioether (sulfide) groups is 1. The first-order valence-electron chi connectivity index (χ1n) is 5.86. The van der Waals surface area contributed by atoms with Gasteiger partial charge < -0.3 is 10.1 Å². The van der Waals surface area contributed by atoms with Crippen molar-refractivity contribution in [2.45, 2.75) is 20.4 Å². The SMILES string of the molecule is COc1c(CNCC(C)CSC)c(C)nn1C. The standard InChI is InChI=1S/C12H23N3OS/c1-9(8-17-5)6-13-7-11-10(2)14-15(3)12(11)16-4/h9,13H,6-8H2,1-5H3. The second-order valence-electron chi connectivity index (χ2n) is 4.39. The lowest BCUT2D eigenvalue weighted by molar-refractivity contribution is 0.367. The molecule has 5 heteroatoms. The van der Waals surface area contributed by atoms with E-state index in [1.807, 2.05) is 25.7 Å². The topological polar surface area (TPSA) is 39.1 Å². The highest BCUT2D eigenvalue weighted by Crippen LogP contribution is 2.20. The highest BCUT2D eigenvalue weighted by atomic mass is 32.2. The van der Waals surface area contributed by atoms with E-state index >= 15 is 0 Å². The van der Waals surface area contributed by atoms with Crippen molar-refractivity contribution < 1.29 is 4.74 Å². The molecule has 0 saturated carbocycles. The molecule has 0 fully saturated rings. The van der Waals surface area contributed by atoms with Gasteiger partial charge in [0, 0.05) is 13.6 Å². The molecule has 1 N–H and O–H groups in total. The van der Waals surface area contributed by atoms with E-state index in [1.165, 1.54) is 5.75 Å². The van der Waals surface area contributed by atoms with Crippen LogP contribution in [0.15, 0.2) is 0 Å². The summed E-state index contributed by atoms with van der Waals surface area (Å²) in [5.41, 5.74) is 2.20. The molecule has 0 aliphatic heterocycles. The second kappa shape index (κ2) is 6.91. The fourth-order valence-corrected chi connectivity index (χ4v) is 2.61. The van der Waals surface area contributed by atoms with E-state index in [1.54, 1.807) is 11.8 Å². The Bertz CT molecular complexity index is 352. The molecule has 0 bridgehead atoms. The largest absolute Gasteiger partial charge is 0.481 e. The number of rotatable bonds is 7. The molecular weight excluding hydrogens is 234 g/mol. The maximum atomic E-state index is 5.36. The third-order valence-electron chi connectivity index (χ3n) is 2.73. The van der Waals surface area contributed by atoms with E-state index in [9.17, 15) is 0 Å². The molecule has 0 aliphatic carbocycles. The molecule has 0 amide bonds. The van der Waals surface area contributed by atoms with Gasteiger partial charge in [0.1, 0.15) is 0 Å². The maximum absolute atomic E-state index is 5.36. The maximum Gasteiger partial charge on any atom is 0.216 e. The van der Waals surface area contributed by atoms with E-state index in [-0.39, 0.29) is 0 Å². The fourth-order valence-electron chi connectivity index (χ4n) is 1.93. The van der Waals surface area contributed by atoms with Crippen LogP contribution in [-0.4, -0.2) is 35.4 Å². The Morgan fingerprint density at radius 1 is 1.53 bits per heavy atom. The molecule has 17 heavy (non-hydrogen) atoms. The molecule has 1 atom stereocenters. The molecule has 98 valence electrons. The molecule has 0 saturated heterocycles. The molecule has 1 aromatic rings. The molecule has 0 radical (unpaired) electrons. The normalized spacial score (nSPS) is 12.8. The minimum Gasteiger partial charge on any atom is -0.481 e. The minimum absolute atomic E-state index is 0.688. The summed E-state index contributed by atoms with van der Waals surface area (Å²) in [7, 11) is 3.60. The third kappa shape index (κ3) is 3.92. The smallest absolute Gasteiger partial charge is 0.216 e. The number of nitrogens with zero attached hydrogens (tertiary/aromatic N) is 2. The first-order chi connectivity index (χ1) is 8.10. The van der Waals surface area contributed by atoms with Gasteiger partial charge in [0.15, 0.2) is 0 Å². The van der Waals surface area contributed by atoms with Crippen LogP contribution in [0.5, 0.6) is 5.88 Å². The fraction of sp³-hybridized carbons (Fsp3) is 0.750. The van der Waals surface area contributed by atoms with Crippen LogP contribution < -0.4 is 10.1 Å². The lowest BCUT2D eigenvalue weighted by Gasteiger charge is -2.11. The monoisotopic (exact) mass is 257 g/mol. The summed E-state index contributed by atoms with van der Waals surface area (Å²) in [6.45, 7) is 6.13. The molecule has 1 heterocycles. The lowest BCUT2D eigenvalue weighted by Crippen LogP contribution is -2.22. The van der Waals surface area contributed by atoms with Gasteiger partial charge in [-0.2, -0.15) is 16.9 Å². The second-order valence-corrected chi connectivity index (χ2v) is 5.30. The Morgan fingerprint density at radius 3 is 2.82 bits per heavy atom. The lowest BCUT2D eigenvalue weighted by atomic mass is 10.2. The van der Waals surface area contributed by atoms with Crippen LogP contribution >= 0.6 is 11.8 Å². The van der Waals surface area contributed by atoms with Gasteiger partial charge in [-0.05, 0) is 31.4 Å². The summed E-state index contributed by atoms with van der Waals surface area (Å²) < 4.78 is 7.15. The van der Waals surface area contributed by atoms with Crippen molar-refractivity contribution >= 4 is 11.8 Å². The average molecular weight is 257 g/mol. The highest BCUT2D eigenvalue weighted by molar-refractivity contribution is 7.98. The summed E-state index contributed by atoms with van der Waals surface area (Å²) in [5.74, 6) is 2.73. The van der Waals surface area contributed by atoms with Gasteiger partial charge in [0.25, 0.3) is 0 Å². The molecular formula is C12H23N3OS. The van der Waals surface area contributed by atoms with Crippen LogP contribution in [0.2, 0.25) is 0 Å². The third-order valence-corrected chi connectivity index (χ3v) is 3.63. The van der Waals surface area contributed by atoms with E-state index in [0.29, 0.717) is 5.92 Å². The quantitative estimate of drug-likeness (QED) is 0.809. The summed E-state index contributed by atoms with van der Waals surface area (Å²) in [4.78, 5) is 0. The number of hydrogen-bond donors (Lipinski definition) is 1. The molecule has 1 aromatic heterocycles. The van der Waals surface area contributed by atoms with Gasteiger partial charge in [-0.1, -0.05) is 6.92 Å². The Hall–Kier alpha value is -0.680. The Balaban J connectivity index is 2.51. The van der Waals surface area contributed by atoms with Gasteiger partial charge in [-0.25, -0.2) is 4.68 Å². The minimum atomic E-state index is 0.688. The molecule has 1 unspecified atom stereocenters. The predicted octanol–water partition coefficient (Wildman–Crippen LogP) is 1.83. The van der Waals surface area contributed by atoms with Crippen molar-refractivity contribution in [3.05, 3.63) is 11.3 Å². The zero-order valence-corrected chi connectivity index (χ0v) is 12.2. The zero-order chi connectivity index (χ0) is 12.8. The Labute approximate surface area is 108 Å². The van der Waals surface area contributed by atoms with E-state index in [0.717, 1.165) is 30.2 Å². The zero-order valence-electron chi connectivity index (χ0n) is 11.4. The summed E-state index contributed by atoms with van der Waals surface area (Å²) in [5, 5.41) is 7.83. The van der Waals surface area contributed by atoms with Gasteiger partial charge in [0.2, 0.25) is 5.88 Å². The van der Waals surface area contributed by atoms with Gasteiger partial charge in [-0.15, -0.1) is 0 Å². The summed E-state index contributed by atoms with van der Waals surface area (Å²) >= 11 is 1.89. The van der Waals surface area contributed by atoms with Gasteiger partial charge >= 0.3 is 0 Å². The van der Waals surface area contributed by atoms with Crippen LogP contribution in [0.25, 0.3) is 0 Å².